The highest BCUT2D eigenvalue weighted by Gasteiger charge is 1.87. The summed E-state index contributed by atoms with van der Waals surface area (Å²) in [4.78, 5) is 0. The van der Waals surface area contributed by atoms with E-state index in [-0.39, 0.29) is 0 Å². The molecular weight excluding hydrogens is 104 g/mol. The van der Waals surface area contributed by atoms with E-state index < -0.39 is 0 Å². The van der Waals surface area contributed by atoms with Gasteiger partial charge in [0.15, 0.2) is 0 Å². The number of rotatable bonds is 0. The largest absolute Gasteiger partial charge is 0.142 e. The van der Waals surface area contributed by atoms with Crippen LogP contribution in [0.25, 0.3) is 0 Å². The van der Waals surface area contributed by atoms with Gasteiger partial charge in [-0.2, -0.15) is 0 Å². The zero-order valence-electron chi connectivity index (χ0n) is 4.49. The Bertz CT molecular complexity index is 136. The predicted octanol–water partition coefficient (Wildman–Crippen LogP) is 2.17. The molecule has 0 amide bonds. The molecule has 1 heterocycles. The van der Waals surface area contributed by atoms with E-state index in [0.717, 1.165) is 0 Å². The first kappa shape index (κ1) is 4.85. The molecule has 0 bridgehead atoms. The Morgan fingerprint density at radius 1 is 1.57 bits per heavy atom. The van der Waals surface area contributed by atoms with Gasteiger partial charge in [0.25, 0.3) is 0 Å². The standard InChI is InChI=1S/C6H7S/c1-5-3-7-4-6(5)2/h3H,1-2H3. The van der Waals surface area contributed by atoms with E-state index in [1.54, 1.807) is 11.3 Å². The average molecular weight is 111 g/mol. The van der Waals surface area contributed by atoms with Crippen LogP contribution >= 0.6 is 11.3 Å². The predicted molar refractivity (Wildman–Crippen MR) is 32.6 cm³/mol. The zero-order valence-corrected chi connectivity index (χ0v) is 5.30. The van der Waals surface area contributed by atoms with Gasteiger partial charge in [-0.25, -0.2) is 0 Å². The van der Waals surface area contributed by atoms with Crippen LogP contribution in [-0.4, -0.2) is 0 Å². The summed E-state index contributed by atoms with van der Waals surface area (Å²) in [6, 6.07) is 0. The molecule has 0 aliphatic heterocycles. The van der Waals surface area contributed by atoms with Crippen LogP contribution in [0.1, 0.15) is 11.1 Å². The summed E-state index contributed by atoms with van der Waals surface area (Å²) < 4.78 is 0. The molecule has 0 spiro atoms. The lowest BCUT2D eigenvalue weighted by Gasteiger charge is -1.79. The van der Waals surface area contributed by atoms with Crippen LogP contribution in [0.15, 0.2) is 5.38 Å². The second kappa shape index (κ2) is 1.66. The molecule has 1 rings (SSSR count). The van der Waals surface area contributed by atoms with Gasteiger partial charge in [-0.05, 0) is 30.4 Å². The maximum absolute atomic E-state index is 3.11. The molecule has 0 fully saturated rings. The average Bonchev–Trinajstić information content (AvgIpc) is 1.91. The molecule has 0 aliphatic rings. The van der Waals surface area contributed by atoms with Crippen molar-refractivity contribution in [1.82, 2.24) is 0 Å². The quantitative estimate of drug-likeness (QED) is 0.481. The van der Waals surface area contributed by atoms with Gasteiger partial charge in [0.2, 0.25) is 0 Å². The third kappa shape index (κ3) is 0.829. The fourth-order valence-electron chi connectivity index (χ4n) is 0.375. The summed E-state index contributed by atoms with van der Waals surface area (Å²) in [7, 11) is 0. The van der Waals surface area contributed by atoms with Crippen molar-refractivity contribution in [1.29, 1.82) is 0 Å². The summed E-state index contributed by atoms with van der Waals surface area (Å²) in [5, 5.41) is 5.22. The molecule has 0 nitrogen and oxygen atoms in total. The van der Waals surface area contributed by atoms with Gasteiger partial charge in [0, 0.05) is 5.38 Å². The Hall–Kier alpha value is -0.300. The minimum absolute atomic E-state index is 1.28. The third-order valence-electron chi connectivity index (χ3n) is 1.04. The summed E-state index contributed by atoms with van der Waals surface area (Å²) in [6.45, 7) is 4.17. The van der Waals surface area contributed by atoms with E-state index in [1.165, 1.54) is 11.1 Å². The minimum Gasteiger partial charge on any atom is -0.142 e. The molecule has 7 heavy (non-hydrogen) atoms. The van der Waals surface area contributed by atoms with Crippen LogP contribution in [0.5, 0.6) is 0 Å². The molecule has 0 saturated heterocycles. The number of thiophene rings is 1. The molecular formula is C6H7S. The van der Waals surface area contributed by atoms with Crippen molar-refractivity contribution in [2.24, 2.45) is 0 Å². The Kier molecular flexibility index (Phi) is 1.15. The van der Waals surface area contributed by atoms with E-state index >= 15 is 0 Å². The van der Waals surface area contributed by atoms with Crippen LogP contribution in [0.2, 0.25) is 0 Å². The number of aryl methyl sites for hydroxylation is 2. The second-order valence-corrected chi connectivity index (χ2v) is 2.32. The summed E-state index contributed by atoms with van der Waals surface area (Å²) in [5.41, 5.74) is 2.63. The molecule has 0 aromatic carbocycles. The van der Waals surface area contributed by atoms with Crippen LogP contribution in [0, 0.1) is 19.2 Å². The van der Waals surface area contributed by atoms with E-state index in [2.05, 4.69) is 24.6 Å². The first-order valence-corrected chi connectivity index (χ1v) is 3.11. The van der Waals surface area contributed by atoms with Gasteiger partial charge in [0.05, 0.1) is 0 Å². The van der Waals surface area contributed by atoms with Crippen molar-refractivity contribution < 1.29 is 0 Å². The molecule has 1 aromatic heterocycles. The van der Waals surface area contributed by atoms with Crippen molar-refractivity contribution in [2.75, 3.05) is 0 Å². The molecule has 37 valence electrons. The first-order valence-electron chi connectivity index (χ1n) is 2.23. The summed E-state index contributed by atoms with van der Waals surface area (Å²) in [6.07, 6.45) is 0. The van der Waals surface area contributed by atoms with Gasteiger partial charge in [-0.15, -0.1) is 11.3 Å². The Morgan fingerprint density at radius 3 is 2.43 bits per heavy atom. The van der Waals surface area contributed by atoms with E-state index in [4.69, 9.17) is 0 Å². The van der Waals surface area contributed by atoms with Crippen molar-refractivity contribution >= 4 is 11.3 Å². The first-order chi connectivity index (χ1) is 3.30. The molecule has 0 unspecified atom stereocenters. The normalized spacial score (nSPS) is 9.43. The van der Waals surface area contributed by atoms with Crippen molar-refractivity contribution in [3.63, 3.8) is 0 Å². The molecule has 0 aliphatic carbocycles. The van der Waals surface area contributed by atoms with Gasteiger partial charge >= 0.3 is 0 Å². The SMILES string of the molecule is Cc1[c]scc1C. The highest BCUT2D eigenvalue weighted by Crippen LogP contribution is 2.09. The maximum atomic E-state index is 3.11. The van der Waals surface area contributed by atoms with Crippen molar-refractivity contribution in [3.8, 4) is 0 Å². The van der Waals surface area contributed by atoms with Crippen LogP contribution < -0.4 is 0 Å². The van der Waals surface area contributed by atoms with Gasteiger partial charge in [0.1, 0.15) is 0 Å². The van der Waals surface area contributed by atoms with Gasteiger partial charge in [-0.1, -0.05) is 0 Å². The fraction of sp³-hybridized carbons (Fsp3) is 0.333. The highest BCUT2D eigenvalue weighted by atomic mass is 32.1. The topological polar surface area (TPSA) is 0 Å². The highest BCUT2D eigenvalue weighted by molar-refractivity contribution is 7.07. The Labute approximate surface area is 47.8 Å². The summed E-state index contributed by atoms with van der Waals surface area (Å²) >= 11 is 1.64. The van der Waals surface area contributed by atoms with Crippen LogP contribution in [0.3, 0.4) is 0 Å². The van der Waals surface area contributed by atoms with Crippen molar-refractivity contribution in [3.05, 3.63) is 21.9 Å². The van der Waals surface area contributed by atoms with E-state index in [9.17, 15) is 0 Å². The number of hydrogen-bond donors (Lipinski definition) is 0. The maximum Gasteiger partial charge on any atom is 0.0477 e. The fourth-order valence-corrected chi connectivity index (χ4v) is 1.13. The minimum atomic E-state index is 1.28. The van der Waals surface area contributed by atoms with Crippen LogP contribution in [0.4, 0.5) is 0 Å². The molecule has 0 atom stereocenters. The Balaban J connectivity index is 3.12. The van der Waals surface area contributed by atoms with Crippen molar-refractivity contribution in [2.45, 2.75) is 13.8 Å². The smallest absolute Gasteiger partial charge is 0.0477 e. The number of hydrogen-bond acceptors (Lipinski definition) is 1. The molecule has 0 saturated carbocycles. The van der Waals surface area contributed by atoms with Crippen LogP contribution in [-0.2, 0) is 0 Å². The molecule has 1 heteroatoms. The lowest BCUT2D eigenvalue weighted by atomic mass is 10.2. The molecule has 1 radical (unpaired) electrons. The lowest BCUT2D eigenvalue weighted by Crippen LogP contribution is -1.64. The molecule has 0 N–H and O–H groups in total. The Morgan fingerprint density at radius 2 is 2.29 bits per heavy atom. The molecule has 1 aromatic rings. The van der Waals surface area contributed by atoms with E-state index in [0.29, 0.717) is 0 Å². The second-order valence-electron chi connectivity index (χ2n) is 1.65. The monoisotopic (exact) mass is 111 g/mol. The third-order valence-corrected chi connectivity index (χ3v) is 1.93. The summed E-state index contributed by atoms with van der Waals surface area (Å²) in [5.74, 6) is 0. The van der Waals surface area contributed by atoms with Gasteiger partial charge in [-0.3, -0.25) is 0 Å². The lowest BCUT2D eigenvalue weighted by molar-refractivity contribution is 1.40. The van der Waals surface area contributed by atoms with E-state index in [1.807, 2.05) is 0 Å². The van der Waals surface area contributed by atoms with Gasteiger partial charge < -0.3 is 0 Å². The zero-order chi connectivity index (χ0) is 5.28.